The maximum Gasteiger partial charge on any atom is 0.238 e. The molecule has 0 spiro atoms. The Balaban J connectivity index is 1.42. The molecule has 5 heteroatoms. The van der Waals surface area contributed by atoms with Gasteiger partial charge in [0.1, 0.15) is 12.1 Å². The molecule has 0 aromatic heterocycles. The van der Waals surface area contributed by atoms with Gasteiger partial charge in [-0.3, -0.25) is 4.79 Å². The molecule has 1 amide bonds. The third-order valence-electron chi connectivity index (χ3n) is 6.62. The molecule has 1 saturated heterocycles. The van der Waals surface area contributed by atoms with Crippen LogP contribution in [0.15, 0.2) is 0 Å². The van der Waals surface area contributed by atoms with Gasteiger partial charge < -0.3 is 10.2 Å². The predicted octanol–water partition coefficient (Wildman–Crippen LogP) is 1.95. The average molecular weight is 312 g/mol. The molecule has 4 saturated carbocycles. The van der Waals surface area contributed by atoms with Crippen LogP contribution in [-0.4, -0.2) is 35.0 Å². The molecule has 5 nitrogen and oxygen atoms in total. The van der Waals surface area contributed by atoms with Gasteiger partial charge in [-0.15, -0.1) is 0 Å². The minimum atomic E-state index is -0.426. The first-order valence-electron chi connectivity index (χ1n) is 8.98. The minimum Gasteiger partial charge on any atom is -0.310 e. The Morgan fingerprint density at radius 1 is 1.00 bits per heavy atom. The van der Waals surface area contributed by atoms with Crippen molar-refractivity contribution < 1.29 is 4.79 Å². The summed E-state index contributed by atoms with van der Waals surface area (Å²) in [6.45, 7) is 0.280. The normalized spacial score (nSPS) is 44.1. The fourth-order valence-corrected chi connectivity index (χ4v) is 6.09. The zero-order valence-corrected chi connectivity index (χ0v) is 13.5. The van der Waals surface area contributed by atoms with Crippen molar-refractivity contribution in [3.63, 3.8) is 0 Å². The lowest BCUT2D eigenvalue weighted by Crippen LogP contribution is -2.60. The van der Waals surface area contributed by atoms with Gasteiger partial charge in [0, 0.05) is 5.54 Å². The quantitative estimate of drug-likeness (QED) is 0.864. The summed E-state index contributed by atoms with van der Waals surface area (Å²) in [6, 6.07) is 3.51. The molecule has 1 heterocycles. The van der Waals surface area contributed by atoms with Crippen molar-refractivity contribution in [3.05, 3.63) is 0 Å². The Bertz CT molecular complexity index is 530. The second-order valence-corrected chi connectivity index (χ2v) is 8.22. The monoisotopic (exact) mass is 312 g/mol. The van der Waals surface area contributed by atoms with Crippen LogP contribution in [-0.2, 0) is 4.79 Å². The lowest BCUT2D eigenvalue weighted by atomic mass is 9.53. The molecule has 1 N–H and O–H groups in total. The predicted molar refractivity (Wildman–Crippen MR) is 83.8 cm³/mol. The summed E-state index contributed by atoms with van der Waals surface area (Å²) >= 11 is 0. The molecular weight excluding hydrogens is 288 g/mol. The van der Waals surface area contributed by atoms with E-state index in [1.165, 1.54) is 43.4 Å². The summed E-state index contributed by atoms with van der Waals surface area (Å²) in [5.41, 5.74) is 0.147. The van der Waals surface area contributed by atoms with Crippen molar-refractivity contribution in [2.75, 3.05) is 6.54 Å². The van der Waals surface area contributed by atoms with E-state index in [9.17, 15) is 15.3 Å². The van der Waals surface area contributed by atoms with E-state index in [-0.39, 0.29) is 18.0 Å². The van der Waals surface area contributed by atoms with E-state index in [0.29, 0.717) is 12.8 Å². The molecule has 5 fully saturated rings. The number of hydrogen-bond acceptors (Lipinski definition) is 4. The van der Waals surface area contributed by atoms with Crippen molar-refractivity contribution >= 4 is 5.91 Å². The van der Waals surface area contributed by atoms with E-state index >= 15 is 0 Å². The summed E-state index contributed by atoms with van der Waals surface area (Å²) in [7, 11) is 0. The molecule has 4 aliphatic carbocycles. The van der Waals surface area contributed by atoms with Crippen LogP contribution in [0.25, 0.3) is 0 Å². The van der Waals surface area contributed by atoms with Crippen molar-refractivity contribution in [3.8, 4) is 12.1 Å². The smallest absolute Gasteiger partial charge is 0.238 e. The van der Waals surface area contributed by atoms with Gasteiger partial charge >= 0.3 is 0 Å². The second kappa shape index (κ2) is 5.49. The van der Waals surface area contributed by atoms with Gasteiger partial charge in [-0.25, -0.2) is 0 Å². The van der Waals surface area contributed by atoms with E-state index in [4.69, 9.17) is 0 Å². The van der Waals surface area contributed by atoms with Crippen LogP contribution in [0.5, 0.6) is 0 Å². The summed E-state index contributed by atoms with van der Waals surface area (Å²) in [6.07, 6.45) is 9.01. The van der Waals surface area contributed by atoms with E-state index in [0.717, 1.165) is 17.8 Å². The molecule has 2 atom stereocenters. The molecule has 0 aromatic rings. The van der Waals surface area contributed by atoms with Gasteiger partial charge in [0.05, 0.1) is 18.7 Å². The van der Waals surface area contributed by atoms with Crippen molar-refractivity contribution in [2.45, 2.75) is 69.0 Å². The van der Waals surface area contributed by atoms with Gasteiger partial charge in [-0.2, -0.15) is 10.5 Å². The summed E-state index contributed by atoms with van der Waals surface area (Å²) in [4.78, 5) is 14.2. The van der Waals surface area contributed by atoms with Crippen LogP contribution < -0.4 is 5.32 Å². The van der Waals surface area contributed by atoms with Gasteiger partial charge in [0.15, 0.2) is 0 Å². The Labute approximate surface area is 137 Å². The highest BCUT2D eigenvalue weighted by molar-refractivity contribution is 5.80. The van der Waals surface area contributed by atoms with E-state index in [2.05, 4.69) is 17.5 Å². The Morgan fingerprint density at radius 3 is 1.91 bits per heavy atom. The molecular formula is C18H24N4O. The number of nitriles is 2. The number of hydrogen-bond donors (Lipinski definition) is 1. The maximum absolute atomic E-state index is 12.6. The molecule has 122 valence electrons. The Morgan fingerprint density at radius 2 is 1.48 bits per heavy atom. The van der Waals surface area contributed by atoms with E-state index in [1.54, 1.807) is 0 Å². The summed E-state index contributed by atoms with van der Waals surface area (Å²) in [5, 5.41) is 22.0. The molecule has 5 rings (SSSR count). The van der Waals surface area contributed by atoms with E-state index in [1.807, 2.05) is 0 Å². The fraction of sp³-hybridized carbons (Fsp3) is 0.833. The first kappa shape index (κ1) is 15.0. The number of carbonyl (C=O) groups excluding carboxylic acids is 1. The number of likely N-dealkylation sites (tertiary alicyclic amines) is 1. The van der Waals surface area contributed by atoms with Crippen LogP contribution >= 0.6 is 0 Å². The molecule has 5 aliphatic rings. The highest BCUT2D eigenvalue weighted by Gasteiger charge is 2.51. The number of amides is 1. The van der Waals surface area contributed by atoms with Gasteiger partial charge in [-0.1, -0.05) is 0 Å². The molecule has 1 aliphatic heterocycles. The molecule has 4 bridgehead atoms. The van der Waals surface area contributed by atoms with Crippen LogP contribution in [0.2, 0.25) is 0 Å². The largest absolute Gasteiger partial charge is 0.310 e. The highest BCUT2D eigenvalue weighted by atomic mass is 16.2. The summed E-state index contributed by atoms with van der Waals surface area (Å²) in [5.74, 6) is 2.45. The lowest BCUT2D eigenvalue weighted by Gasteiger charge is -2.57. The van der Waals surface area contributed by atoms with Crippen molar-refractivity contribution in [1.29, 1.82) is 10.5 Å². The zero-order chi connectivity index (χ0) is 16.0. The molecule has 0 aromatic carbocycles. The third-order valence-corrected chi connectivity index (χ3v) is 6.62. The number of rotatable bonds is 3. The topological polar surface area (TPSA) is 79.9 Å². The van der Waals surface area contributed by atoms with E-state index < -0.39 is 12.1 Å². The summed E-state index contributed by atoms with van der Waals surface area (Å²) < 4.78 is 0. The lowest BCUT2D eigenvalue weighted by molar-refractivity contribution is -0.132. The SMILES string of the molecule is N#C[C@H]1CC[C@H](C#N)N1C(=O)CNC12CC3CC(CC(C3)C1)C2. The molecule has 23 heavy (non-hydrogen) atoms. The molecule has 0 radical (unpaired) electrons. The van der Waals surface area contributed by atoms with Crippen LogP contribution in [0.3, 0.4) is 0 Å². The van der Waals surface area contributed by atoms with Crippen molar-refractivity contribution in [1.82, 2.24) is 10.2 Å². The average Bonchev–Trinajstić information content (AvgIpc) is 2.94. The number of nitrogens with one attached hydrogen (secondary N) is 1. The van der Waals surface area contributed by atoms with Crippen LogP contribution in [0.4, 0.5) is 0 Å². The highest BCUT2D eigenvalue weighted by Crippen LogP contribution is 2.55. The maximum atomic E-state index is 12.6. The fourth-order valence-electron chi connectivity index (χ4n) is 6.09. The first-order valence-corrected chi connectivity index (χ1v) is 8.98. The second-order valence-electron chi connectivity index (χ2n) is 8.22. The van der Waals surface area contributed by atoms with Crippen LogP contribution in [0, 0.1) is 40.4 Å². The van der Waals surface area contributed by atoms with Crippen molar-refractivity contribution in [2.24, 2.45) is 17.8 Å². The van der Waals surface area contributed by atoms with Crippen LogP contribution in [0.1, 0.15) is 51.4 Å². The number of carbonyl (C=O) groups is 1. The van der Waals surface area contributed by atoms with Gasteiger partial charge in [0.2, 0.25) is 5.91 Å². The van der Waals surface area contributed by atoms with Gasteiger partial charge in [0.25, 0.3) is 0 Å². The van der Waals surface area contributed by atoms with Gasteiger partial charge in [-0.05, 0) is 69.1 Å². The third kappa shape index (κ3) is 2.52. The standard InChI is InChI=1S/C18H24N4O/c19-9-15-1-2-16(10-20)22(15)17(23)11-21-18-6-12-3-13(7-18)5-14(4-12)8-18/h12-16,21H,1-8,11H2/t12?,13?,14?,15-,16-,18?/m1/s1. The first-order chi connectivity index (χ1) is 11.1. The Kier molecular flexibility index (Phi) is 3.58. The molecule has 0 unspecified atom stereocenters. The minimum absolute atomic E-state index is 0.0728. The Hall–Kier alpha value is -1.59. The number of nitrogens with zero attached hydrogens (tertiary/aromatic N) is 3. The zero-order valence-electron chi connectivity index (χ0n) is 13.5.